The summed E-state index contributed by atoms with van der Waals surface area (Å²) in [4.78, 5) is 1.05. The van der Waals surface area contributed by atoms with E-state index in [0.717, 1.165) is 16.2 Å². The van der Waals surface area contributed by atoms with Crippen LogP contribution in [0.15, 0.2) is 29.6 Å². The summed E-state index contributed by atoms with van der Waals surface area (Å²) in [5, 5.41) is 1.84. The highest BCUT2D eigenvalue weighted by Crippen LogP contribution is 2.39. The van der Waals surface area contributed by atoms with Crippen molar-refractivity contribution in [2.75, 3.05) is 7.11 Å². The van der Waals surface area contributed by atoms with E-state index in [1.54, 1.807) is 18.4 Å². The molecule has 0 saturated heterocycles. The van der Waals surface area contributed by atoms with E-state index in [1.807, 2.05) is 11.4 Å². The summed E-state index contributed by atoms with van der Waals surface area (Å²) >= 11 is 8.17. The smallest absolute Gasteiger partial charge is 0.134 e. The van der Waals surface area contributed by atoms with Crippen molar-refractivity contribution in [1.82, 2.24) is 0 Å². The van der Waals surface area contributed by atoms with E-state index in [-0.39, 0.29) is 5.38 Å². The van der Waals surface area contributed by atoms with Gasteiger partial charge < -0.3 is 9.47 Å². The third-order valence-electron chi connectivity index (χ3n) is 3.15. The Labute approximate surface area is 115 Å². The van der Waals surface area contributed by atoms with Crippen molar-refractivity contribution in [2.45, 2.75) is 18.6 Å². The molecule has 1 aromatic carbocycles. The number of methoxy groups -OCH3 is 1. The van der Waals surface area contributed by atoms with Gasteiger partial charge in [0.1, 0.15) is 5.75 Å². The largest absolute Gasteiger partial charge is 0.496 e. The molecule has 1 atom stereocenters. The van der Waals surface area contributed by atoms with Crippen LogP contribution in [0.3, 0.4) is 0 Å². The van der Waals surface area contributed by atoms with Crippen molar-refractivity contribution in [3.63, 3.8) is 0 Å². The van der Waals surface area contributed by atoms with Crippen LogP contribution in [0.5, 0.6) is 5.75 Å². The van der Waals surface area contributed by atoms with E-state index in [0.29, 0.717) is 13.2 Å². The summed E-state index contributed by atoms with van der Waals surface area (Å²) in [6.07, 6.45) is 0. The summed E-state index contributed by atoms with van der Waals surface area (Å²) in [6.45, 7) is 1.40. The molecule has 1 aliphatic rings. The van der Waals surface area contributed by atoms with E-state index in [1.165, 1.54) is 11.1 Å². The maximum Gasteiger partial charge on any atom is 0.134 e. The monoisotopic (exact) mass is 280 g/mol. The number of ether oxygens (including phenoxy) is 2. The van der Waals surface area contributed by atoms with E-state index >= 15 is 0 Å². The highest BCUT2D eigenvalue weighted by atomic mass is 35.5. The Bertz CT molecular complexity index is 565. The second-order valence-corrected chi connectivity index (χ2v) is 5.62. The van der Waals surface area contributed by atoms with Crippen LogP contribution in [-0.4, -0.2) is 7.11 Å². The minimum atomic E-state index is -0.161. The first kappa shape index (κ1) is 12.0. The van der Waals surface area contributed by atoms with Gasteiger partial charge in [-0.2, -0.15) is 0 Å². The number of hydrogen-bond acceptors (Lipinski definition) is 3. The normalized spacial score (nSPS) is 15.4. The molecule has 2 aromatic rings. The fraction of sp³-hybridized carbons (Fsp3) is 0.286. The molecule has 0 fully saturated rings. The van der Waals surface area contributed by atoms with Gasteiger partial charge in [-0.05, 0) is 28.1 Å². The molecule has 0 spiro atoms. The van der Waals surface area contributed by atoms with Gasteiger partial charge >= 0.3 is 0 Å². The molecule has 2 heterocycles. The lowest BCUT2D eigenvalue weighted by Crippen LogP contribution is -1.95. The van der Waals surface area contributed by atoms with Crippen LogP contribution in [0.4, 0.5) is 0 Å². The molecule has 4 heteroatoms. The minimum Gasteiger partial charge on any atom is -0.496 e. The van der Waals surface area contributed by atoms with Crippen molar-refractivity contribution in [3.8, 4) is 5.75 Å². The van der Waals surface area contributed by atoms with E-state index in [2.05, 4.69) is 18.2 Å². The van der Waals surface area contributed by atoms with Gasteiger partial charge in [-0.1, -0.05) is 18.2 Å². The highest BCUT2D eigenvalue weighted by molar-refractivity contribution is 7.10. The number of alkyl halides is 1. The van der Waals surface area contributed by atoms with Crippen molar-refractivity contribution in [3.05, 3.63) is 51.2 Å². The Morgan fingerprint density at radius 2 is 2.11 bits per heavy atom. The Hall–Kier alpha value is -1.03. The molecule has 94 valence electrons. The van der Waals surface area contributed by atoms with Gasteiger partial charge in [-0.25, -0.2) is 0 Å². The average molecular weight is 281 g/mol. The SMILES string of the molecule is COc1ccsc1C(Cl)c1ccc2c(c1)COC2. The molecule has 1 unspecified atom stereocenters. The van der Waals surface area contributed by atoms with Crippen molar-refractivity contribution < 1.29 is 9.47 Å². The number of benzene rings is 1. The van der Waals surface area contributed by atoms with Gasteiger partial charge in [0.25, 0.3) is 0 Å². The van der Waals surface area contributed by atoms with E-state index in [9.17, 15) is 0 Å². The van der Waals surface area contributed by atoms with Crippen LogP contribution < -0.4 is 4.74 Å². The quantitative estimate of drug-likeness (QED) is 0.788. The van der Waals surface area contributed by atoms with Gasteiger partial charge in [0, 0.05) is 0 Å². The Morgan fingerprint density at radius 1 is 1.28 bits per heavy atom. The molecule has 0 N–H and O–H groups in total. The number of halogens is 1. The number of fused-ring (bicyclic) bond motifs is 1. The van der Waals surface area contributed by atoms with Gasteiger partial charge in [0.15, 0.2) is 0 Å². The number of thiophene rings is 1. The van der Waals surface area contributed by atoms with Crippen molar-refractivity contribution in [2.24, 2.45) is 0 Å². The zero-order valence-electron chi connectivity index (χ0n) is 9.98. The molecule has 1 aliphatic heterocycles. The molecule has 0 bridgehead atoms. The Kier molecular flexibility index (Phi) is 3.29. The molecule has 0 aliphatic carbocycles. The number of hydrogen-bond donors (Lipinski definition) is 0. The molecule has 3 rings (SSSR count). The molecule has 1 aromatic heterocycles. The molecule has 0 radical (unpaired) electrons. The average Bonchev–Trinajstić information content (AvgIpc) is 3.05. The number of rotatable bonds is 3. The van der Waals surface area contributed by atoms with Crippen LogP contribution in [0.25, 0.3) is 0 Å². The van der Waals surface area contributed by atoms with E-state index < -0.39 is 0 Å². The van der Waals surface area contributed by atoms with Gasteiger partial charge in [-0.15, -0.1) is 22.9 Å². The van der Waals surface area contributed by atoms with Crippen molar-refractivity contribution in [1.29, 1.82) is 0 Å². The summed E-state index contributed by atoms with van der Waals surface area (Å²) in [6, 6.07) is 8.27. The Morgan fingerprint density at radius 3 is 2.94 bits per heavy atom. The first-order chi connectivity index (χ1) is 8.79. The molecular weight excluding hydrogens is 268 g/mol. The summed E-state index contributed by atoms with van der Waals surface area (Å²) in [7, 11) is 1.67. The summed E-state index contributed by atoms with van der Waals surface area (Å²) in [5.41, 5.74) is 3.61. The predicted octanol–water partition coefficient (Wildman–Crippen LogP) is 4.12. The van der Waals surface area contributed by atoms with Gasteiger partial charge in [-0.3, -0.25) is 0 Å². The lowest BCUT2D eigenvalue weighted by atomic mass is 10.0. The lowest BCUT2D eigenvalue weighted by molar-refractivity contribution is 0.134. The lowest BCUT2D eigenvalue weighted by Gasteiger charge is -2.11. The molecule has 18 heavy (non-hydrogen) atoms. The predicted molar refractivity (Wildman–Crippen MR) is 73.5 cm³/mol. The first-order valence-corrected chi connectivity index (χ1v) is 7.06. The minimum absolute atomic E-state index is 0.161. The second kappa shape index (κ2) is 4.92. The van der Waals surface area contributed by atoms with Crippen LogP contribution in [0.1, 0.15) is 26.9 Å². The standard InChI is InChI=1S/C14H13ClO2S/c1-16-12-4-5-18-14(12)13(15)9-2-3-10-7-17-8-11(10)6-9/h2-6,13H,7-8H2,1H3. The zero-order valence-corrected chi connectivity index (χ0v) is 11.6. The fourth-order valence-corrected chi connectivity index (χ4v) is 3.42. The van der Waals surface area contributed by atoms with Crippen LogP contribution in [0, 0.1) is 0 Å². The molecule has 2 nitrogen and oxygen atoms in total. The Balaban J connectivity index is 1.95. The highest BCUT2D eigenvalue weighted by Gasteiger charge is 2.19. The maximum absolute atomic E-state index is 6.55. The van der Waals surface area contributed by atoms with Crippen molar-refractivity contribution >= 4 is 22.9 Å². The fourth-order valence-electron chi connectivity index (χ4n) is 2.16. The zero-order chi connectivity index (χ0) is 12.5. The second-order valence-electron chi connectivity index (χ2n) is 4.24. The van der Waals surface area contributed by atoms with E-state index in [4.69, 9.17) is 21.1 Å². The summed E-state index contributed by atoms with van der Waals surface area (Å²) < 4.78 is 10.7. The maximum atomic E-state index is 6.55. The first-order valence-electron chi connectivity index (χ1n) is 5.74. The molecule has 0 amide bonds. The van der Waals surface area contributed by atoms with Gasteiger partial charge in [0.2, 0.25) is 0 Å². The topological polar surface area (TPSA) is 18.5 Å². The third kappa shape index (κ3) is 2.03. The third-order valence-corrected chi connectivity index (χ3v) is 4.71. The van der Waals surface area contributed by atoms with Gasteiger partial charge in [0.05, 0.1) is 30.6 Å². The van der Waals surface area contributed by atoms with Crippen LogP contribution >= 0.6 is 22.9 Å². The summed E-state index contributed by atoms with van der Waals surface area (Å²) in [5.74, 6) is 0.858. The molecular formula is C14H13ClO2S. The van der Waals surface area contributed by atoms with Crippen LogP contribution in [0.2, 0.25) is 0 Å². The molecule has 0 saturated carbocycles. The van der Waals surface area contributed by atoms with Crippen LogP contribution in [-0.2, 0) is 18.0 Å².